The van der Waals surface area contributed by atoms with Crippen LogP contribution in [0.15, 0.2) is 18.5 Å². The van der Waals surface area contributed by atoms with E-state index in [1.807, 2.05) is 6.07 Å². The Morgan fingerprint density at radius 2 is 2.25 bits per heavy atom. The van der Waals surface area contributed by atoms with Crippen molar-refractivity contribution in [3.05, 3.63) is 24.0 Å². The van der Waals surface area contributed by atoms with Gasteiger partial charge in [-0.15, -0.1) is 11.6 Å². The Morgan fingerprint density at radius 1 is 1.50 bits per heavy atom. The lowest BCUT2D eigenvalue weighted by molar-refractivity contribution is 0.113. The molecule has 1 fully saturated rings. The second kappa shape index (κ2) is 5.51. The maximum Gasteiger partial charge on any atom is 0.127 e. The van der Waals surface area contributed by atoms with Crippen LogP contribution in [0.3, 0.4) is 0 Å². The Morgan fingerprint density at radius 3 is 2.94 bits per heavy atom. The summed E-state index contributed by atoms with van der Waals surface area (Å²) < 4.78 is 5.97. The van der Waals surface area contributed by atoms with Crippen LogP contribution < -0.4 is 4.74 Å². The van der Waals surface area contributed by atoms with Crippen molar-refractivity contribution in [2.75, 3.05) is 20.1 Å². The highest BCUT2D eigenvalue weighted by Crippen LogP contribution is 2.23. The molecule has 88 valence electrons. The molecule has 4 heteroatoms. The first-order valence-corrected chi connectivity index (χ1v) is 6.17. The molecule has 0 atom stereocenters. The van der Waals surface area contributed by atoms with Crippen LogP contribution in [0, 0.1) is 0 Å². The van der Waals surface area contributed by atoms with Crippen LogP contribution in [0.5, 0.6) is 5.75 Å². The number of halogens is 1. The topological polar surface area (TPSA) is 25.4 Å². The second-order valence-electron chi connectivity index (χ2n) is 4.24. The molecule has 1 aromatic heterocycles. The zero-order valence-corrected chi connectivity index (χ0v) is 10.3. The Kier molecular flexibility index (Phi) is 4.02. The molecule has 16 heavy (non-hydrogen) atoms. The Balaban J connectivity index is 1.98. The number of nitrogens with zero attached hydrogens (tertiary/aromatic N) is 2. The van der Waals surface area contributed by atoms with Crippen molar-refractivity contribution < 1.29 is 4.74 Å². The van der Waals surface area contributed by atoms with Crippen LogP contribution >= 0.6 is 11.6 Å². The summed E-state index contributed by atoms with van der Waals surface area (Å²) in [6.07, 6.45) is 6.01. The Bertz CT molecular complexity index is 338. The molecule has 0 amide bonds. The van der Waals surface area contributed by atoms with E-state index in [0.29, 0.717) is 12.0 Å². The number of hydrogen-bond donors (Lipinski definition) is 0. The van der Waals surface area contributed by atoms with E-state index in [1.54, 1.807) is 12.4 Å². The summed E-state index contributed by atoms with van der Waals surface area (Å²) in [5, 5.41) is 0. The zero-order chi connectivity index (χ0) is 11.4. The van der Waals surface area contributed by atoms with E-state index < -0.39 is 0 Å². The summed E-state index contributed by atoms with van der Waals surface area (Å²) in [5.41, 5.74) is 0.975. The highest BCUT2D eigenvalue weighted by molar-refractivity contribution is 6.17. The third kappa shape index (κ3) is 2.86. The SMILES string of the molecule is CN1CCC(Oc2ccncc2CCl)CC1. The van der Waals surface area contributed by atoms with E-state index in [1.165, 1.54) is 0 Å². The first-order chi connectivity index (χ1) is 7.79. The van der Waals surface area contributed by atoms with E-state index in [9.17, 15) is 0 Å². The standard InChI is InChI=1S/C12H17ClN2O/c1-15-6-3-11(4-7-15)16-12-2-5-14-9-10(12)8-13/h2,5,9,11H,3-4,6-8H2,1H3. The van der Waals surface area contributed by atoms with Gasteiger partial charge < -0.3 is 9.64 Å². The van der Waals surface area contributed by atoms with E-state index in [2.05, 4.69) is 16.9 Å². The highest BCUT2D eigenvalue weighted by Gasteiger charge is 2.18. The molecule has 0 saturated carbocycles. The Hall–Kier alpha value is -0.800. The average Bonchev–Trinajstić information content (AvgIpc) is 2.33. The van der Waals surface area contributed by atoms with E-state index in [4.69, 9.17) is 16.3 Å². The van der Waals surface area contributed by atoms with Crippen molar-refractivity contribution in [1.29, 1.82) is 0 Å². The lowest BCUT2D eigenvalue weighted by Crippen LogP contribution is -2.35. The van der Waals surface area contributed by atoms with Gasteiger partial charge in [-0.3, -0.25) is 4.98 Å². The zero-order valence-electron chi connectivity index (χ0n) is 9.53. The largest absolute Gasteiger partial charge is 0.490 e. The van der Waals surface area contributed by atoms with Gasteiger partial charge in [0.1, 0.15) is 11.9 Å². The van der Waals surface area contributed by atoms with Crippen molar-refractivity contribution >= 4 is 11.6 Å². The summed E-state index contributed by atoms with van der Waals surface area (Å²) in [6, 6.07) is 1.90. The number of likely N-dealkylation sites (tertiary alicyclic amines) is 1. The van der Waals surface area contributed by atoms with Crippen LogP contribution in [0.2, 0.25) is 0 Å². The lowest BCUT2D eigenvalue weighted by Gasteiger charge is -2.29. The maximum atomic E-state index is 5.97. The van der Waals surface area contributed by atoms with Gasteiger partial charge in [0.2, 0.25) is 0 Å². The molecule has 0 spiro atoms. The van der Waals surface area contributed by atoms with Gasteiger partial charge in [0, 0.05) is 31.0 Å². The van der Waals surface area contributed by atoms with Gasteiger partial charge in [0.25, 0.3) is 0 Å². The van der Waals surface area contributed by atoms with Crippen LogP contribution in [-0.4, -0.2) is 36.1 Å². The fourth-order valence-electron chi connectivity index (χ4n) is 1.91. The van der Waals surface area contributed by atoms with Gasteiger partial charge in [-0.25, -0.2) is 0 Å². The lowest BCUT2D eigenvalue weighted by atomic mass is 10.1. The number of piperidine rings is 1. The van der Waals surface area contributed by atoms with Gasteiger partial charge in [-0.05, 0) is 26.0 Å². The van der Waals surface area contributed by atoms with Crippen molar-refractivity contribution in [2.24, 2.45) is 0 Å². The monoisotopic (exact) mass is 240 g/mol. The van der Waals surface area contributed by atoms with Crippen molar-refractivity contribution in [1.82, 2.24) is 9.88 Å². The number of pyridine rings is 1. The van der Waals surface area contributed by atoms with E-state index in [0.717, 1.165) is 37.2 Å². The molecule has 1 aromatic rings. The summed E-state index contributed by atoms with van der Waals surface area (Å²) in [7, 11) is 2.15. The molecule has 0 aliphatic carbocycles. The predicted molar refractivity (Wildman–Crippen MR) is 64.9 cm³/mol. The van der Waals surface area contributed by atoms with Gasteiger partial charge in [0.05, 0.1) is 5.88 Å². The highest BCUT2D eigenvalue weighted by atomic mass is 35.5. The summed E-state index contributed by atoms with van der Waals surface area (Å²) >= 11 is 5.84. The number of hydrogen-bond acceptors (Lipinski definition) is 3. The number of aromatic nitrogens is 1. The molecule has 0 radical (unpaired) electrons. The first kappa shape index (κ1) is 11.7. The molecular weight excluding hydrogens is 224 g/mol. The normalized spacial score (nSPS) is 18.6. The summed E-state index contributed by atoms with van der Waals surface area (Å²) in [6.45, 7) is 2.21. The third-order valence-corrected chi connectivity index (χ3v) is 3.25. The number of rotatable bonds is 3. The van der Waals surface area contributed by atoms with Gasteiger partial charge >= 0.3 is 0 Å². The molecule has 2 rings (SSSR count). The molecule has 0 bridgehead atoms. The van der Waals surface area contributed by atoms with Crippen LogP contribution in [0.25, 0.3) is 0 Å². The number of alkyl halides is 1. The van der Waals surface area contributed by atoms with Crippen LogP contribution in [-0.2, 0) is 5.88 Å². The van der Waals surface area contributed by atoms with Crippen molar-refractivity contribution in [2.45, 2.75) is 24.8 Å². The molecule has 1 aliphatic heterocycles. The third-order valence-electron chi connectivity index (χ3n) is 2.96. The Labute approximate surface area is 101 Å². The number of ether oxygens (including phenoxy) is 1. The van der Waals surface area contributed by atoms with Crippen molar-refractivity contribution in [3.8, 4) is 5.75 Å². The molecule has 3 nitrogen and oxygen atoms in total. The summed E-state index contributed by atoms with van der Waals surface area (Å²) in [5.74, 6) is 1.34. The van der Waals surface area contributed by atoms with Crippen molar-refractivity contribution in [3.63, 3.8) is 0 Å². The second-order valence-corrected chi connectivity index (χ2v) is 4.50. The first-order valence-electron chi connectivity index (χ1n) is 5.63. The minimum Gasteiger partial charge on any atom is -0.490 e. The molecule has 0 unspecified atom stereocenters. The maximum absolute atomic E-state index is 5.97. The van der Waals surface area contributed by atoms with Gasteiger partial charge in [-0.2, -0.15) is 0 Å². The fourth-order valence-corrected chi connectivity index (χ4v) is 2.11. The molecule has 0 N–H and O–H groups in total. The van der Waals surface area contributed by atoms with Crippen LogP contribution in [0.4, 0.5) is 0 Å². The fraction of sp³-hybridized carbons (Fsp3) is 0.583. The quantitative estimate of drug-likeness (QED) is 0.758. The minimum absolute atomic E-state index is 0.320. The average molecular weight is 241 g/mol. The molecular formula is C12H17ClN2O. The smallest absolute Gasteiger partial charge is 0.127 e. The molecule has 2 heterocycles. The molecule has 0 aromatic carbocycles. The predicted octanol–water partition coefficient (Wildman–Crippen LogP) is 2.29. The molecule has 1 aliphatic rings. The van der Waals surface area contributed by atoms with E-state index >= 15 is 0 Å². The minimum atomic E-state index is 0.320. The van der Waals surface area contributed by atoms with Crippen LogP contribution in [0.1, 0.15) is 18.4 Å². The summed E-state index contributed by atoms with van der Waals surface area (Å²) in [4.78, 5) is 6.38. The molecule has 1 saturated heterocycles. The van der Waals surface area contributed by atoms with E-state index in [-0.39, 0.29) is 0 Å². The van der Waals surface area contributed by atoms with Gasteiger partial charge in [-0.1, -0.05) is 0 Å². The van der Waals surface area contributed by atoms with Gasteiger partial charge in [0.15, 0.2) is 0 Å².